The van der Waals surface area contributed by atoms with Crippen LogP contribution in [0, 0.1) is 6.92 Å². The zero-order chi connectivity index (χ0) is 21.5. The van der Waals surface area contributed by atoms with Gasteiger partial charge >= 0.3 is 12.1 Å². The molecule has 30 heavy (non-hydrogen) atoms. The molecular weight excluding hydrogens is 419 g/mol. The Bertz CT molecular complexity index is 1340. The predicted octanol–water partition coefficient (Wildman–Crippen LogP) is 4.37. The van der Waals surface area contributed by atoms with Crippen LogP contribution >= 0.6 is 0 Å². The summed E-state index contributed by atoms with van der Waals surface area (Å²) in [5, 5.41) is 3.77. The highest BCUT2D eigenvalue weighted by Crippen LogP contribution is 2.30. The summed E-state index contributed by atoms with van der Waals surface area (Å²) in [5.74, 6) is -1.66. The molecule has 1 unspecified atom stereocenters. The van der Waals surface area contributed by atoms with Gasteiger partial charge in [0.15, 0.2) is 0 Å². The van der Waals surface area contributed by atoms with Crippen molar-refractivity contribution < 1.29 is 21.9 Å². The standard InChI is InChI=1S/C19H16F3N5O2S/c1-12-17(30(2,28)23-10-13-6-4-3-5-7-13)27-11-14(8-9-15(27)24-12)16-25-18(29-26-16)19(20,21)22/h3-9,11H,10H2,1-2H3. The van der Waals surface area contributed by atoms with Crippen LogP contribution in [-0.2, 0) is 22.5 Å². The number of alkyl halides is 3. The fourth-order valence-electron chi connectivity index (χ4n) is 3.03. The number of imidazole rings is 1. The molecule has 3 aromatic heterocycles. The Balaban J connectivity index is 1.79. The molecule has 1 atom stereocenters. The molecule has 0 amide bonds. The van der Waals surface area contributed by atoms with Crippen molar-refractivity contribution in [1.29, 1.82) is 0 Å². The Morgan fingerprint density at radius 2 is 1.87 bits per heavy atom. The van der Waals surface area contributed by atoms with Crippen LogP contribution in [-0.4, -0.2) is 30.0 Å². The smallest absolute Gasteiger partial charge is 0.329 e. The zero-order valence-electron chi connectivity index (χ0n) is 15.9. The lowest BCUT2D eigenvalue weighted by Gasteiger charge is -2.07. The summed E-state index contributed by atoms with van der Waals surface area (Å²) < 4.78 is 61.9. The van der Waals surface area contributed by atoms with E-state index in [9.17, 15) is 17.4 Å². The van der Waals surface area contributed by atoms with Crippen LogP contribution in [0.15, 0.2) is 62.6 Å². The molecule has 0 aliphatic heterocycles. The summed E-state index contributed by atoms with van der Waals surface area (Å²) in [6, 6.07) is 12.5. The minimum atomic E-state index is -4.74. The highest BCUT2D eigenvalue weighted by Gasteiger charge is 2.38. The molecule has 0 saturated heterocycles. The topological polar surface area (TPSA) is 85.6 Å². The van der Waals surface area contributed by atoms with E-state index in [0.29, 0.717) is 16.4 Å². The van der Waals surface area contributed by atoms with Crippen LogP contribution in [0.2, 0.25) is 0 Å². The molecule has 0 N–H and O–H groups in total. The first kappa shape index (κ1) is 20.1. The Kier molecular flexibility index (Phi) is 4.85. The number of benzene rings is 1. The Labute approximate surface area is 169 Å². The van der Waals surface area contributed by atoms with Gasteiger partial charge in [-0.2, -0.15) is 18.2 Å². The lowest BCUT2D eigenvalue weighted by atomic mass is 10.2. The van der Waals surface area contributed by atoms with Crippen molar-refractivity contribution in [3.8, 4) is 11.4 Å². The van der Waals surface area contributed by atoms with E-state index in [1.165, 1.54) is 18.5 Å². The summed E-state index contributed by atoms with van der Waals surface area (Å²) in [4.78, 5) is 7.80. The number of rotatable bonds is 4. The highest BCUT2D eigenvalue weighted by atomic mass is 32.2. The number of hydrogen-bond donors (Lipinski definition) is 0. The number of aryl methyl sites for hydroxylation is 1. The van der Waals surface area contributed by atoms with Crippen molar-refractivity contribution in [2.24, 2.45) is 4.36 Å². The Morgan fingerprint density at radius 1 is 1.13 bits per heavy atom. The van der Waals surface area contributed by atoms with Crippen molar-refractivity contribution in [3.05, 3.63) is 65.8 Å². The molecule has 0 aliphatic rings. The first-order valence-electron chi connectivity index (χ1n) is 8.77. The predicted molar refractivity (Wildman–Crippen MR) is 103 cm³/mol. The molecular formula is C19H16F3N5O2S. The van der Waals surface area contributed by atoms with Crippen molar-refractivity contribution >= 4 is 15.4 Å². The molecule has 4 aromatic rings. The van der Waals surface area contributed by atoms with Crippen molar-refractivity contribution in [2.45, 2.75) is 24.7 Å². The van der Waals surface area contributed by atoms with Gasteiger partial charge in [-0.15, -0.1) is 0 Å². The van der Waals surface area contributed by atoms with Gasteiger partial charge in [0.2, 0.25) is 5.82 Å². The molecule has 156 valence electrons. The van der Waals surface area contributed by atoms with Gasteiger partial charge in [-0.05, 0) is 24.6 Å². The molecule has 0 radical (unpaired) electrons. The fourth-order valence-corrected chi connectivity index (χ4v) is 4.65. The SMILES string of the molecule is Cc1nc2ccc(-c3noc(C(F)(F)F)n3)cn2c1S(C)(=O)=NCc1ccccc1. The number of hydrogen-bond acceptors (Lipinski definition) is 6. The molecule has 3 heterocycles. The number of pyridine rings is 1. The van der Waals surface area contributed by atoms with E-state index in [0.717, 1.165) is 5.56 Å². The van der Waals surface area contributed by atoms with Gasteiger partial charge in [0.1, 0.15) is 10.7 Å². The van der Waals surface area contributed by atoms with Crippen molar-refractivity contribution in [1.82, 2.24) is 19.5 Å². The van der Waals surface area contributed by atoms with E-state index < -0.39 is 21.8 Å². The average molecular weight is 435 g/mol. The van der Waals surface area contributed by atoms with Crippen LogP contribution < -0.4 is 0 Å². The summed E-state index contributed by atoms with van der Waals surface area (Å²) in [7, 11) is -2.86. The summed E-state index contributed by atoms with van der Waals surface area (Å²) in [6.07, 6.45) is -1.74. The van der Waals surface area contributed by atoms with E-state index in [1.807, 2.05) is 30.3 Å². The van der Waals surface area contributed by atoms with Crippen LogP contribution in [0.3, 0.4) is 0 Å². The van der Waals surface area contributed by atoms with E-state index in [2.05, 4.69) is 24.0 Å². The fraction of sp³-hybridized carbons (Fsp3) is 0.211. The highest BCUT2D eigenvalue weighted by molar-refractivity contribution is 7.92. The van der Waals surface area contributed by atoms with Gasteiger partial charge in [-0.1, -0.05) is 35.5 Å². The third kappa shape index (κ3) is 3.80. The Morgan fingerprint density at radius 3 is 2.53 bits per heavy atom. The summed E-state index contributed by atoms with van der Waals surface area (Å²) >= 11 is 0. The monoisotopic (exact) mass is 435 g/mol. The van der Waals surface area contributed by atoms with Crippen molar-refractivity contribution in [2.75, 3.05) is 6.26 Å². The van der Waals surface area contributed by atoms with Gasteiger partial charge in [0.25, 0.3) is 0 Å². The van der Waals surface area contributed by atoms with Crippen LogP contribution in [0.4, 0.5) is 13.2 Å². The molecule has 0 fully saturated rings. The lowest BCUT2D eigenvalue weighted by molar-refractivity contribution is -0.159. The minimum absolute atomic E-state index is 0.231. The van der Waals surface area contributed by atoms with Crippen LogP contribution in [0.5, 0.6) is 0 Å². The maximum absolute atomic E-state index is 13.4. The summed E-state index contributed by atoms with van der Waals surface area (Å²) in [6.45, 7) is 1.96. The van der Waals surface area contributed by atoms with Crippen molar-refractivity contribution in [3.63, 3.8) is 0 Å². The number of aromatic nitrogens is 4. The number of nitrogens with zero attached hydrogens (tertiary/aromatic N) is 5. The molecule has 0 saturated carbocycles. The number of halogens is 3. The van der Waals surface area contributed by atoms with Gasteiger partial charge in [0, 0.05) is 18.0 Å². The third-order valence-corrected chi connectivity index (χ3v) is 6.19. The minimum Gasteiger partial charge on any atom is -0.329 e. The van der Waals surface area contributed by atoms with Gasteiger partial charge in [-0.25, -0.2) is 13.6 Å². The number of fused-ring (bicyclic) bond motifs is 1. The molecule has 4 rings (SSSR count). The first-order valence-corrected chi connectivity index (χ1v) is 10.7. The molecule has 0 aliphatic carbocycles. The van der Waals surface area contributed by atoms with Crippen LogP contribution in [0.25, 0.3) is 17.0 Å². The second kappa shape index (κ2) is 7.24. The maximum Gasteiger partial charge on any atom is 0.471 e. The van der Waals surface area contributed by atoms with Gasteiger partial charge in [-0.3, -0.25) is 4.40 Å². The molecule has 0 spiro atoms. The zero-order valence-corrected chi connectivity index (χ0v) is 16.7. The molecule has 11 heteroatoms. The lowest BCUT2D eigenvalue weighted by Crippen LogP contribution is -2.05. The van der Waals surface area contributed by atoms with E-state index in [1.54, 1.807) is 17.4 Å². The van der Waals surface area contributed by atoms with Crippen LogP contribution in [0.1, 0.15) is 17.1 Å². The Hall–Kier alpha value is -3.21. The quantitative estimate of drug-likeness (QED) is 0.475. The largest absolute Gasteiger partial charge is 0.471 e. The third-order valence-electron chi connectivity index (χ3n) is 4.36. The van der Waals surface area contributed by atoms with E-state index in [4.69, 9.17) is 0 Å². The van der Waals surface area contributed by atoms with E-state index >= 15 is 0 Å². The first-order chi connectivity index (χ1) is 14.1. The van der Waals surface area contributed by atoms with E-state index in [-0.39, 0.29) is 17.9 Å². The second-order valence-electron chi connectivity index (χ2n) is 6.64. The normalized spacial score (nSPS) is 14.0. The van der Waals surface area contributed by atoms with Gasteiger partial charge in [0.05, 0.1) is 22.0 Å². The maximum atomic E-state index is 13.4. The summed E-state index contributed by atoms with van der Waals surface area (Å²) in [5.41, 5.74) is 2.17. The second-order valence-corrected chi connectivity index (χ2v) is 8.89. The molecule has 0 bridgehead atoms. The molecule has 1 aromatic carbocycles. The molecule has 7 nitrogen and oxygen atoms in total. The average Bonchev–Trinajstić information content (AvgIpc) is 3.31. The van der Waals surface area contributed by atoms with Gasteiger partial charge < -0.3 is 4.52 Å².